The highest BCUT2D eigenvalue weighted by Gasteiger charge is 2.40. The molecule has 0 amide bonds. The zero-order valence-electron chi connectivity index (χ0n) is 22.7. The molecule has 0 saturated heterocycles. The highest BCUT2D eigenvalue weighted by molar-refractivity contribution is 7.26. The quantitative estimate of drug-likeness (QED) is 0.217. The molecule has 0 saturated carbocycles. The largest absolute Gasteiger partial charge is 0.293 e. The lowest BCUT2D eigenvalue weighted by Crippen LogP contribution is -2.19. The van der Waals surface area contributed by atoms with E-state index >= 15 is 0 Å². The summed E-state index contributed by atoms with van der Waals surface area (Å²) >= 11 is 1.88. The average Bonchev–Trinajstić information content (AvgIpc) is 3.63. The summed E-state index contributed by atoms with van der Waals surface area (Å²) in [6, 6.07) is 41.2. The standard InChI is InChI=1S/C37H25N3S/c1-37(2)27-17-9-6-15-25(27)33-32(37)36(39-35(38-33)22-12-4-3-5-13-22)40-28-18-10-7-16-26(28)31-29(40)21-20-24-23-14-8-11-19-30(23)41-34(24)31/h3-21H,1-2H3. The number of hydrogen-bond acceptors (Lipinski definition) is 3. The summed E-state index contributed by atoms with van der Waals surface area (Å²) in [4.78, 5) is 10.7. The Hall–Kier alpha value is -4.80. The van der Waals surface area contributed by atoms with E-state index < -0.39 is 0 Å². The Labute approximate surface area is 241 Å². The fourth-order valence-electron chi connectivity index (χ4n) is 6.93. The van der Waals surface area contributed by atoms with Crippen LogP contribution in [0.2, 0.25) is 0 Å². The first kappa shape index (κ1) is 23.0. The van der Waals surface area contributed by atoms with Crippen molar-refractivity contribution in [2.45, 2.75) is 19.3 Å². The van der Waals surface area contributed by atoms with Gasteiger partial charge in [0.15, 0.2) is 5.82 Å². The number of thiophene rings is 1. The second kappa shape index (κ2) is 8.12. The van der Waals surface area contributed by atoms with Gasteiger partial charge in [0.05, 0.1) is 16.7 Å². The van der Waals surface area contributed by atoms with Gasteiger partial charge in [-0.15, -0.1) is 11.3 Å². The van der Waals surface area contributed by atoms with Crippen molar-refractivity contribution in [1.29, 1.82) is 0 Å². The third kappa shape index (κ3) is 3.03. The van der Waals surface area contributed by atoms with Gasteiger partial charge in [0.2, 0.25) is 0 Å². The molecule has 194 valence electrons. The molecule has 41 heavy (non-hydrogen) atoms. The van der Waals surface area contributed by atoms with E-state index in [1.807, 2.05) is 17.4 Å². The number of para-hydroxylation sites is 1. The van der Waals surface area contributed by atoms with Gasteiger partial charge in [-0.2, -0.15) is 0 Å². The van der Waals surface area contributed by atoms with Crippen molar-refractivity contribution < 1.29 is 0 Å². The predicted octanol–water partition coefficient (Wildman–Crippen LogP) is 9.91. The number of fused-ring (bicyclic) bond motifs is 10. The average molecular weight is 544 g/mol. The van der Waals surface area contributed by atoms with E-state index in [1.165, 1.54) is 58.7 Å². The van der Waals surface area contributed by atoms with Gasteiger partial charge < -0.3 is 0 Å². The molecule has 0 N–H and O–H groups in total. The lowest BCUT2D eigenvalue weighted by molar-refractivity contribution is 0.650. The third-order valence-corrected chi connectivity index (χ3v) is 10.00. The summed E-state index contributed by atoms with van der Waals surface area (Å²) in [7, 11) is 0. The van der Waals surface area contributed by atoms with Crippen molar-refractivity contribution in [1.82, 2.24) is 14.5 Å². The maximum atomic E-state index is 5.41. The minimum absolute atomic E-state index is 0.254. The van der Waals surface area contributed by atoms with Crippen LogP contribution in [0.25, 0.3) is 70.4 Å². The Morgan fingerprint density at radius 2 is 1.37 bits per heavy atom. The number of hydrogen-bond donors (Lipinski definition) is 0. The highest BCUT2D eigenvalue weighted by atomic mass is 32.1. The van der Waals surface area contributed by atoms with Crippen molar-refractivity contribution in [3.05, 3.63) is 126 Å². The second-order valence-electron chi connectivity index (χ2n) is 11.4. The van der Waals surface area contributed by atoms with Crippen molar-refractivity contribution in [2.75, 3.05) is 0 Å². The molecule has 8 aromatic rings. The monoisotopic (exact) mass is 543 g/mol. The van der Waals surface area contributed by atoms with Crippen molar-refractivity contribution in [2.24, 2.45) is 0 Å². The van der Waals surface area contributed by atoms with Gasteiger partial charge in [-0.05, 0) is 23.8 Å². The van der Waals surface area contributed by atoms with E-state index in [0.717, 1.165) is 22.9 Å². The molecule has 0 atom stereocenters. The Morgan fingerprint density at radius 1 is 0.634 bits per heavy atom. The van der Waals surface area contributed by atoms with Crippen LogP contribution in [0, 0.1) is 0 Å². The zero-order valence-corrected chi connectivity index (χ0v) is 23.5. The van der Waals surface area contributed by atoms with Crippen LogP contribution in [0.15, 0.2) is 115 Å². The van der Waals surface area contributed by atoms with E-state index in [2.05, 4.69) is 128 Å². The number of nitrogens with zero attached hydrogens (tertiary/aromatic N) is 3. The number of aromatic nitrogens is 3. The number of benzene rings is 5. The molecule has 0 bridgehead atoms. The molecule has 0 radical (unpaired) electrons. The molecule has 9 rings (SSSR count). The molecule has 3 heterocycles. The van der Waals surface area contributed by atoms with Crippen molar-refractivity contribution in [3.63, 3.8) is 0 Å². The smallest absolute Gasteiger partial charge is 0.162 e. The first-order chi connectivity index (χ1) is 20.1. The van der Waals surface area contributed by atoms with Gasteiger partial charge in [0.25, 0.3) is 0 Å². The molecule has 0 fully saturated rings. The van der Waals surface area contributed by atoms with E-state index in [4.69, 9.17) is 9.97 Å². The minimum Gasteiger partial charge on any atom is -0.293 e. The van der Waals surface area contributed by atoms with Gasteiger partial charge in [0, 0.05) is 53.1 Å². The highest BCUT2D eigenvalue weighted by Crippen LogP contribution is 2.51. The van der Waals surface area contributed by atoms with Gasteiger partial charge >= 0.3 is 0 Å². The van der Waals surface area contributed by atoms with Crippen LogP contribution in [-0.4, -0.2) is 14.5 Å². The minimum atomic E-state index is -0.254. The van der Waals surface area contributed by atoms with Gasteiger partial charge in [0.1, 0.15) is 5.82 Å². The molecule has 0 unspecified atom stereocenters. The molecule has 1 aliphatic rings. The normalized spacial score (nSPS) is 13.8. The molecular weight excluding hydrogens is 518 g/mol. The van der Waals surface area contributed by atoms with Crippen molar-refractivity contribution in [3.8, 4) is 28.5 Å². The van der Waals surface area contributed by atoms with Gasteiger partial charge in [-0.3, -0.25) is 4.57 Å². The predicted molar refractivity (Wildman–Crippen MR) is 172 cm³/mol. The molecule has 4 heteroatoms. The lowest BCUT2D eigenvalue weighted by atomic mass is 9.82. The Morgan fingerprint density at radius 3 is 2.24 bits per heavy atom. The second-order valence-corrected chi connectivity index (χ2v) is 12.5. The first-order valence-electron chi connectivity index (χ1n) is 14.0. The van der Waals surface area contributed by atoms with E-state index in [1.54, 1.807) is 0 Å². The van der Waals surface area contributed by atoms with Crippen LogP contribution in [0.3, 0.4) is 0 Å². The summed E-state index contributed by atoms with van der Waals surface area (Å²) in [5.41, 5.74) is 7.81. The maximum absolute atomic E-state index is 5.41. The number of rotatable bonds is 2. The van der Waals surface area contributed by atoms with Crippen LogP contribution < -0.4 is 0 Å². The Kier molecular flexibility index (Phi) is 4.55. The van der Waals surface area contributed by atoms with E-state index in [-0.39, 0.29) is 5.41 Å². The Balaban J connectivity index is 1.47. The Bertz CT molecular complexity index is 2340. The third-order valence-electron chi connectivity index (χ3n) is 8.79. The molecule has 5 aromatic carbocycles. The molecular formula is C37H25N3S. The van der Waals surface area contributed by atoms with Crippen LogP contribution in [0.1, 0.15) is 25.0 Å². The fraction of sp³-hybridized carbons (Fsp3) is 0.0811. The summed E-state index contributed by atoms with van der Waals surface area (Å²) < 4.78 is 5.04. The maximum Gasteiger partial charge on any atom is 0.162 e. The lowest BCUT2D eigenvalue weighted by Gasteiger charge is -2.24. The van der Waals surface area contributed by atoms with Crippen LogP contribution >= 0.6 is 11.3 Å². The van der Waals surface area contributed by atoms with E-state index in [0.29, 0.717) is 0 Å². The summed E-state index contributed by atoms with van der Waals surface area (Å²) in [5, 5.41) is 5.17. The summed E-state index contributed by atoms with van der Waals surface area (Å²) in [5.74, 6) is 1.71. The summed E-state index contributed by atoms with van der Waals surface area (Å²) in [6.45, 7) is 4.62. The molecule has 1 aliphatic carbocycles. The van der Waals surface area contributed by atoms with E-state index in [9.17, 15) is 0 Å². The zero-order chi connectivity index (χ0) is 27.3. The van der Waals surface area contributed by atoms with Crippen LogP contribution in [0.4, 0.5) is 0 Å². The van der Waals surface area contributed by atoms with Crippen LogP contribution in [-0.2, 0) is 5.41 Å². The molecule has 0 aliphatic heterocycles. The van der Waals surface area contributed by atoms with Crippen LogP contribution in [0.5, 0.6) is 0 Å². The SMILES string of the molecule is CC1(C)c2ccccc2-c2nc(-c3ccccc3)nc(-n3c4ccccc4c4c5sc6ccccc6c5ccc43)c21. The summed E-state index contributed by atoms with van der Waals surface area (Å²) in [6.07, 6.45) is 0. The van der Waals surface area contributed by atoms with Gasteiger partial charge in [-0.25, -0.2) is 9.97 Å². The fourth-order valence-corrected chi connectivity index (χ4v) is 8.19. The topological polar surface area (TPSA) is 30.7 Å². The first-order valence-corrected chi connectivity index (χ1v) is 14.8. The molecule has 0 spiro atoms. The molecule has 3 aromatic heterocycles. The van der Waals surface area contributed by atoms with Gasteiger partial charge in [-0.1, -0.05) is 111 Å². The molecule has 3 nitrogen and oxygen atoms in total. The van der Waals surface area contributed by atoms with Crippen molar-refractivity contribution >= 4 is 53.3 Å².